The van der Waals surface area contributed by atoms with E-state index in [9.17, 15) is 4.79 Å². The first-order valence-corrected chi connectivity index (χ1v) is 8.31. The number of hydrogen-bond donors (Lipinski definition) is 1. The molecule has 0 radical (unpaired) electrons. The minimum absolute atomic E-state index is 0.237. The van der Waals surface area contributed by atoms with E-state index >= 15 is 0 Å². The van der Waals surface area contributed by atoms with E-state index in [1.54, 1.807) is 6.20 Å². The lowest BCUT2D eigenvalue weighted by atomic mass is 9.93. The Bertz CT molecular complexity index is 620. The highest BCUT2D eigenvalue weighted by molar-refractivity contribution is 5.76. The summed E-state index contributed by atoms with van der Waals surface area (Å²) >= 11 is 0. The van der Waals surface area contributed by atoms with E-state index in [0.717, 1.165) is 55.2 Å². The Morgan fingerprint density at radius 1 is 1.39 bits per heavy atom. The van der Waals surface area contributed by atoms with Crippen LogP contribution < -0.4 is 0 Å². The van der Waals surface area contributed by atoms with Crippen molar-refractivity contribution in [3.63, 3.8) is 0 Å². The van der Waals surface area contributed by atoms with Crippen molar-refractivity contribution < 1.29 is 9.32 Å². The first-order chi connectivity index (χ1) is 11.1. The third-order valence-electron chi connectivity index (χ3n) is 4.77. The van der Waals surface area contributed by atoms with Crippen LogP contribution in [0.2, 0.25) is 0 Å². The molecule has 23 heavy (non-hydrogen) atoms. The van der Waals surface area contributed by atoms with Gasteiger partial charge in [-0.25, -0.2) is 4.98 Å². The minimum atomic E-state index is 0.237. The van der Waals surface area contributed by atoms with Gasteiger partial charge >= 0.3 is 0 Å². The van der Waals surface area contributed by atoms with Crippen molar-refractivity contribution in [1.82, 2.24) is 20.0 Å². The van der Waals surface area contributed by atoms with E-state index in [4.69, 9.17) is 4.52 Å². The number of carbonyl (C=O) groups excluding carboxylic acids is 1. The lowest BCUT2D eigenvalue weighted by molar-refractivity contribution is -0.132. The molecule has 1 aliphatic rings. The van der Waals surface area contributed by atoms with Gasteiger partial charge in [-0.2, -0.15) is 0 Å². The molecule has 0 saturated carbocycles. The number of amides is 1. The molecule has 1 N–H and O–H groups in total. The number of nitrogens with zero attached hydrogens (tertiary/aromatic N) is 3. The van der Waals surface area contributed by atoms with Crippen LogP contribution in [-0.4, -0.2) is 39.0 Å². The molecule has 124 valence electrons. The zero-order valence-corrected chi connectivity index (χ0v) is 13.8. The molecule has 6 nitrogen and oxygen atoms in total. The molecule has 0 aromatic carbocycles. The van der Waals surface area contributed by atoms with E-state index in [2.05, 4.69) is 15.1 Å². The van der Waals surface area contributed by atoms with Gasteiger partial charge in [0.2, 0.25) is 5.91 Å². The van der Waals surface area contributed by atoms with Crippen molar-refractivity contribution in [2.75, 3.05) is 13.1 Å². The number of aromatic nitrogens is 3. The summed E-state index contributed by atoms with van der Waals surface area (Å²) in [5.74, 6) is 2.73. The normalized spacial score (nSPS) is 16.0. The van der Waals surface area contributed by atoms with Crippen molar-refractivity contribution in [2.24, 2.45) is 5.92 Å². The fourth-order valence-electron chi connectivity index (χ4n) is 3.32. The molecule has 0 aliphatic carbocycles. The van der Waals surface area contributed by atoms with E-state index in [1.165, 1.54) is 0 Å². The summed E-state index contributed by atoms with van der Waals surface area (Å²) in [5.41, 5.74) is 1.97. The Hall–Kier alpha value is -2.11. The molecule has 6 heteroatoms. The Labute approximate surface area is 136 Å². The van der Waals surface area contributed by atoms with Crippen molar-refractivity contribution in [3.05, 3.63) is 35.2 Å². The van der Waals surface area contributed by atoms with Crippen molar-refractivity contribution in [3.8, 4) is 0 Å². The second-order valence-corrected chi connectivity index (χ2v) is 6.37. The van der Waals surface area contributed by atoms with Crippen molar-refractivity contribution >= 4 is 5.91 Å². The van der Waals surface area contributed by atoms with Crippen LogP contribution in [0, 0.1) is 19.8 Å². The molecule has 1 aliphatic heterocycles. The van der Waals surface area contributed by atoms with Gasteiger partial charge in [0.25, 0.3) is 0 Å². The maximum absolute atomic E-state index is 12.4. The molecule has 3 heterocycles. The summed E-state index contributed by atoms with van der Waals surface area (Å²) in [6.07, 6.45) is 7.99. The van der Waals surface area contributed by atoms with Crippen LogP contribution in [0.4, 0.5) is 0 Å². The summed E-state index contributed by atoms with van der Waals surface area (Å²) < 4.78 is 5.15. The van der Waals surface area contributed by atoms with Crippen LogP contribution in [0.1, 0.15) is 42.1 Å². The lowest BCUT2D eigenvalue weighted by Crippen LogP contribution is -2.39. The molecule has 0 spiro atoms. The number of likely N-dealkylation sites (tertiary alicyclic amines) is 1. The Morgan fingerprint density at radius 3 is 2.78 bits per heavy atom. The van der Waals surface area contributed by atoms with E-state index < -0.39 is 0 Å². The first kappa shape index (κ1) is 15.8. The predicted molar refractivity (Wildman–Crippen MR) is 85.9 cm³/mol. The average molecular weight is 316 g/mol. The van der Waals surface area contributed by atoms with Gasteiger partial charge in [-0.1, -0.05) is 5.16 Å². The highest BCUT2D eigenvalue weighted by Crippen LogP contribution is 2.22. The van der Waals surface area contributed by atoms with Gasteiger partial charge in [0, 0.05) is 43.9 Å². The monoisotopic (exact) mass is 316 g/mol. The molecule has 1 amide bonds. The number of piperidine rings is 1. The molecule has 3 rings (SSSR count). The molecule has 0 atom stereocenters. The molecule has 1 saturated heterocycles. The molecule has 0 unspecified atom stereocenters. The zero-order chi connectivity index (χ0) is 16.2. The predicted octanol–water partition coefficient (Wildman–Crippen LogP) is 2.43. The molecule has 0 bridgehead atoms. The van der Waals surface area contributed by atoms with Gasteiger partial charge in [-0.05, 0) is 39.0 Å². The largest absolute Gasteiger partial charge is 0.361 e. The quantitative estimate of drug-likeness (QED) is 0.919. The summed E-state index contributed by atoms with van der Waals surface area (Å²) in [6.45, 7) is 5.54. The number of hydrogen-bond acceptors (Lipinski definition) is 4. The molecular weight excluding hydrogens is 292 g/mol. The van der Waals surface area contributed by atoms with Crippen LogP contribution in [-0.2, 0) is 17.6 Å². The van der Waals surface area contributed by atoms with Gasteiger partial charge in [-0.3, -0.25) is 4.79 Å². The number of aromatic amines is 1. The Balaban J connectivity index is 1.45. The molecular formula is C17H24N4O2. The molecule has 2 aromatic rings. The van der Waals surface area contributed by atoms with Gasteiger partial charge in [0.05, 0.1) is 5.69 Å². The van der Waals surface area contributed by atoms with E-state index in [-0.39, 0.29) is 5.91 Å². The summed E-state index contributed by atoms with van der Waals surface area (Å²) in [5, 5.41) is 3.94. The zero-order valence-electron chi connectivity index (χ0n) is 13.8. The summed E-state index contributed by atoms with van der Waals surface area (Å²) in [7, 11) is 0. The topological polar surface area (TPSA) is 75.0 Å². The number of aryl methyl sites for hydroxylation is 2. The number of carbonyl (C=O) groups is 1. The maximum Gasteiger partial charge on any atom is 0.222 e. The van der Waals surface area contributed by atoms with Gasteiger partial charge in [0.15, 0.2) is 0 Å². The van der Waals surface area contributed by atoms with Crippen LogP contribution in [0.3, 0.4) is 0 Å². The standard InChI is InChI=1S/C17H24N4O2/c1-12-15(13(2)23-20-12)3-4-17(22)21-9-5-14(6-10-21)11-16-18-7-8-19-16/h7-8,14H,3-6,9-11H2,1-2H3,(H,18,19). The van der Waals surface area contributed by atoms with Crippen LogP contribution in [0.5, 0.6) is 0 Å². The smallest absolute Gasteiger partial charge is 0.222 e. The Kier molecular flexibility index (Phi) is 4.79. The number of nitrogens with one attached hydrogen (secondary N) is 1. The first-order valence-electron chi connectivity index (χ1n) is 8.31. The highest BCUT2D eigenvalue weighted by atomic mass is 16.5. The van der Waals surface area contributed by atoms with Crippen molar-refractivity contribution in [2.45, 2.75) is 46.0 Å². The fraction of sp³-hybridized carbons (Fsp3) is 0.588. The van der Waals surface area contributed by atoms with Crippen LogP contribution in [0.15, 0.2) is 16.9 Å². The fourth-order valence-corrected chi connectivity index (χ4v) is 3.32. The van der Waals surface area contributed by atoms with Gasteiger partial charge in [-0.15, -0.1) is 0 Å². The number of H-pyrrole nitrogens is 1. The van der Waals surface area contributed by atoms with Gasteiger partial charge in [0.1, 0.15) is 11.6 Å². The summed E-state index contributed by atoms with van der Waals surface area (Å²) in [4.78, 5) is 21.8. The average Bonchev–Trinajstić information content (AvgIpc) is 3.17. The maximum atomic E-state index is 12.4. The molecule has 1 fully saturated rings. The Morgan fingerprint density at radius 2 is 2.17 bits per heavy atom. The van der Waals surface area contributed by atoms with E-state index in [1.807, 2.05) is 24.9 Å². The summed E-state index contributed by atoms with van der Waals surface area (Å²) in [6, 6.07) is 0. The minimum Gasteiger partial charge on any atom is -0.361 e. The van der Waals surface area contributed by atoms with Crippen molar-refractivity contribution in [1.29, 1.82) is 0 Å². The molecule has 2 aromatic heterocycles. The SMILES string of the molecule is Cc1noc(C)c1CCC(=O)N1CCC(Cc2ncc[nH]2)CC1. The number of rotatable bonds is 5. The second kappa shape index (κ2) is 6.98. The van der Waals surface area contributed by atoms with Gasteiger partial charge < -0.3 is 14.4 Å². The van der Waals surface area contributed by atoms with Crippen LogP contribution >= 0.6 is 0 Å². The third-order valence-corrected chi connectivity index (χ3v) is 4.77. The lowest BCUT2D eigenvalue weighted by Gasteiger charge is -2.31. The van der Waals surface area contributed by atoms with Crippen LogP contribution in [0.25, 0.3) is 0 Å². The third kappa shape index (κ3) is 3.81. The highest BCUT2D eigenvalue weighted by Gasteiger charge is 2.23. The second-order valence-electron chi connectivity index (χ2n) is 6.37. The number of imidazole rings is 1. The van der Waals surface area contributed by atoms with E-state index in [0.29, 0.717) is 18.8 Å².